The molecule has 1 aromatic heterocycles. The van der Waals surface area contributed by atoms with Gasteiger partial charge in [0.05, 0.1) is 12.8 Å². The van der Waals surface area contributed by atoms with Crippen LogP contribution < -0.4 is 5.43 Å². The molecule has 0 bridgehead atoms. The molecule has 0 spiro atoms. The molecule has 0 aliphatic rings. The van der Waals surface area contributed by atoms with Gasteiger partial charge in [-0.15, -0.1) is 0 Å². The van der Waals surface area contributed by atoms with Crippen molar-refractivity contribution in [2.75, 3.05) is 0 Å². The van der Waals surface area contributed by atoms with Crippen molar-refractivity contribution in [2.24, 2.45) is 0 Å². The van der Waals surface area contributed by atoms with Crippen LogP contribution >= 0.6 is 0 Å². The molecule has 3 heteroatoms. The van der Waals surface area contributed by atoms with Gasteiger partial charge in [0.25, 0.3) is 5.95 Å². The van der Waals surface area contributed by atoms with Crippen LogP contribution in [-0.2, 0) is 0 Å². The molecule has 60 valence electrons. The normalized spacial score (nSPS) is 11.5. The molecule has 3 nitrogen and oxygen atoms in total. The zero-order valence-electron chi connectivity index (χ0n) is 7.07. The third-order valence-electron chi connectivity index (χ3n) is 1.56. The molecule has 1 heterocycles. The molecular formula is C9H6O3. The lowest BCUT2D eigenvalue weighted by atomic mass is 10.2. The minimum Gasteiger partial charge on any atom is -0.481 e. The Bertz CT molecular complexity index is 516. The van der Waals surface area contributed by atoms with Crippen molar-refractivity contribution >= 4 is 11.0 Å². The standard InChI is InChI=1S/C9H6O3/c10-7-5-9(11)12-8-4-2-1-3-6(7)8/h1-5,11H/i5D. The van der Waals surface area contributed by atoms with Gasteiger partial charge in [-0.2, -0.15) is 0 Å². The van der Waals surface area contributed by atoms with Gasteiger partial charge in [-0.1, -0.05) is 12.1 Å². The summed E-state index contributed by atoms with van der Waals surface area (Å²) in [6.45, 7) is 0. The summed E-state index contributed by atoms with van der Waals surface area (Å²) in [6, 6.07) is 5.98. The maximum Gasteiger partial charge on any atom is 0.286 e. The van der Waals surface area contributed by atoms with Gasteiger partial charge >= 0.3 is 0 Å². The Balaban J connectivity index is 3.03. The molecule has 0 aliphatic heterocycles. The largest absolute Gasteiger partial charge is 0.481 e. The van der Waals surface area contributed by atoms with E-state index >= 15 is 0 Å². The molecule has 2 rings (SSSR count). The topological polar surface area (TPSA) is 50.4 Å². The van der Waals surface area contributed by atoms with Crippen LogP contribution in [-0.4, -0.2) is 5.11 Å². The Hall–Kier alpha value is -1.77. The first kappa shape index (κ1) is 5.83. The smallest absolute Gasteiger partial charge is 0.286 e. The number of hydrogen-bond donors (Lipinski definition) is 1. The lowest BCUT2D eigenvalue weighted by Crippen LogP contribution is -1.97. The van der Waals surface area contributed by atoms with Gasteiger partial charge in [0, 0.05) is 0 Å². The van der Waals surface area contributed by atoms with Crippen molar-refractivity contribution in [2.45, 2.75) is 0 Å². The van der Waals surface area contributed by atoms with Crippen molar-refractivity contribution in [1.82, 2.24) is 0 Å². The van der Waals surface area contributed by atoms with Crippen LogP contribution in [0.25, 0.3) is 11.0 Å². The van der Waals surface area contributed by atoms with Crippen LogP contribution in [0.5, 0.6) is 5.95 Å². The fraction of sp³-hybridized carbons (Fsp3) is 0. The van der Waals surface area contributed by atoms with E-state index < -0.39 is 17.4 Å². The first-order valence-corrected chi connectivity index (χ1v) is 3.41. The molecule has 0 radical (unpaired) electrons. The summed E-state index contributed by atoms with van der Waals surface area (Å²) < 4.78 is 12.0. The lowest BCUT2D eigenvalue weighted by Gasteiger charge is -1.94. The van der Waals surface area contributed by atoms with Crippen molar-refractivity contribution in [1.29, 1.82) is 0 Å². The number of para-hydroxylation sites is 1. The molecule has 0 amide bonds. The third-order valence-corrected chi connectivity index (χ3v) is 1.56. The second-order valence-electron chi connectivity index (χ2n) is 2.36. The Morgan fingerprint density at radius 2 is 2.17 bits per heavy atom. The Labute approximate surface area is 69.3 Å². The zero-order chi connectivity index (χ0) is 9.42. The van der Waals surface area contributed by atoms with E-state index in [0.717, 1.165) is 0 Å². The van der Waals surface area contributed by atoms with Crippen LogP contribution in [0.15, 0.2) is 39.5 Å². The third kappa shape index (κ3) is 0.955. The van der Waals surface area contributed by atoms with Crippen molar-refractivity contribution in [3.05, 3.63) is 40.5 Å². The average Bonchev–Trinajstić information content (AvgIpc) is 2.15. The molecule has 1 aromatic carbocycles. The minimum atomic E-state index is -0.635. The molecule has 0 saturated heterocycles. The lowest BCUT2D eigenvalue weighted by molar-refractivity contribution is 0.339. The number of benzene rings is 1. The predicted octanol–water partition coefficient (Wildman–Crippen LogP) is 1.50. The monoisotopic (exact) mass is 163 g/mol. The second kappa shape index (κ2) is 2.37. The van der Waals surface area contributed by atoms with Crippen LogP contribution in [0.4, 0.5) is 0 Å². The van der Waals surface area contributed by atoms with Gasteiger partial charge in [0.1, 0.15) is 5.58 Å². The highest BCUT2D eigenvalue weighted by Gasteiger charge is 2.00. The summed E-state index contributed by atoms with van der Waals surface area (Å²) in [4.78, 5) is 11.3. The molecular weight excluding hydrogens is 156 g/mol. The molecule has 12 heavy (non-hydrogen) atoms. The Kier molecular flexibility index (Phi) is 1.15. The second-order valence-corrected chi connectivity index (χ2v) is 2.36. The van der Waals surface area contributed by atoms with Gasteiger partial charge in [0.15, 0.2) is 5.43 Å². The number of hydrogen-bond acceptors (Lipinski definition) is 3. The quantitative estimate of drug-likeness (QED) is 0.640. The maximum atomic E-state index is 11.3. The first-order chi connectivity index (χ1) is 6.20. The molecule has 0 fully saturated rings. The van der Waals surface area contributed by atoms with E-state index in [1.165, 1.54) is 0 Å². The number of rotatable bonds is 0. The van der Waals surface area contributed by atoms with Gasteiger partial charge in [0.2, 0.25) is 0 Å². The van der Waals surface area contributed by atoms with E-state index in [9.17, 15) is 4.79 Å². The highest BCUT2D eigenvalue weighted by atomic mass is 16.5. The van der Waals surface area contributed by atoms with Gasteiger partial charge < -0.3 is 9.52 Å². The Morgan fingerprint density at radius 3 is 3.00 bits per heavy atom. The SMILES string of the molecule is [2H]c1c(O)oc2ccccc2c1=O. The van der Waals surface area contributed by atoms with Gasteiger partial charge in [-0.05, 0) is 12.1 Å². The van der Waals surface area contributed by atoms with Crippen LogP contribution in [0.1, 0.15) is 1.37 Å². The summed E-state index contributed by atoms with van der Waals surface area (Å²) in [5.74, 6) is -0.635. The van der Waals surface area contributed by atoms with E-state index in [4.69, 9.17) is 10.9 Å². The number of aromatic hydroxyl groups is 1. The summed E-state index contributed by atoms with van der Waals surface area (Å²) in [5, 5.41) is 9.35. The Morgan fingerprint density at radius 1 is 1.42 bits per heavy atom. The fourth-order valence-electron chi connectivity index (χ4n) is 1.04. The highest BCUT2D eigenvalue weighted by Crippen LogP contribution is 2.14. The van der Waals surface area contributed by atoms with E-state index in [-0.39, 0.29) is 0 Å². The number of fused-ring (bicyclic) bond motifs is 1. The summed E-state index contributed by atoms with van der Waals surface area (Å²) >= 11 is 0. The zero-order valence-corrected chi connectivity index (χ0v) is 6.07. The van der Waals surface area contributed by atoms with Crippen molar-refractivity contribution in [3.63, 3.8) is 0 Å². The molecule has 1 N–H and O–H groups in total. The van der Waals surface area contributed by atoms with Crippen LogP contribution in [0.2, 0.25) is 0 Å². The summed E-state index contributed by atoms with van der Waals surface area (Å²) in [7, 11) is 0. The first-order valence-electron chi connectivity index (χ1n) is 3.91. The van der Waals surface area contributed by atoms with E-state index in [2.05, 4.69) is 0 Å². The maximum absolute atomic E-state index is 11.3. The molecule has 0 aliphatic carbocycles. The van der Waals surface area contributed by atoms with E-state index in [1.54, 1.807) is 24.3 Å². The van der Waals surface area contributed by atoms with E-state index in [0.29, 0.717) is 11.0 Å². The summed E-state index contributed by atoms with van der Waals surface area (Å²) in [6.07, 6.45) is 0. The molecule has 0 unspecified atom stereocenters. The molecule has 0 saturated carbocycles. The molecule has 2 aromatic rings. The van der Waals surface area contributed by atoms with Gasteiger partial charge in [-0.3, -0.25) is 4.79 Å². The van der Waals surface area contributed by atoms with E-state index in [1.807, 2.05) is 0 Å². The van der Waals surface area contributed by atoms with Crippen LogP contribution in [0, 0.1) is 0 Å². The highest BCUT2D eigenvalue weighted by molar-refractivity contribution is 5.76. The fourth-order valence-corrected chi connectivity index (χ4v) is 1.04. The van der Waals surface area contributed by atoms with Crippen molar-refractivity contribution in [3.8, 4) is 5.95 Å². The minimum absolute atomic E-state index is 0.293. The molecule has 0 atom stereocenters. The average molecular weight is 163 g/mol. The van der Waals surface area contributed by atoms with Crippen LogP contribution in [0.3, 0.4) is 0 Å². The predicted molar refractivity (Wildman–Crippen MR) is 44.1 cm³/mol. The summed E-state index contributed by atoms with van der Waals surface area (Å²) in [5.41, 5.74) is -0.222. The van der Waals surface area contributed by atoms with Crippen molar-refractivity contribution < 1.29 is 10.9 Å². The van der Waals surface area contributed by atoms with Gasteiger partial charge in [-0.25, -0.2) is 0 Å².